The summed E-state index contributed by atoms with van der Waals surface area (Å²) in [6.07, 6.45) is -3.92. The van der Waals surface area contributed by atoms with Crippen molar-refractivity contribution in [2.75, 3.05) is 0 Å². The molecule has 6 heteroatoms. The van der Waals surface area contributed by atoms with Gasteiger partial charge in [-0.2, -0.15) is 13.2 Å². The number of rotatable bonds is 3. The van der Waals surface area contributed by atoms with E-state index < -0.39 is 17.6 Å². The first-order chi connectivity index (χ1) is 9.68. The van der Waals surface area contributed by atoms with Crippen LogP contribution in [0.25, 0.3) is 0 Å². The SMILES string of the molecule is CC(C)CC1NC(=O)CC1c1ccc(F)c(C(F)(F)F)c1. The van der Waals surface area contributed by atoms with Crippen LogP contribution in [0.2, 0.25) is 0 Å². The molecule has 1 N–H and O–H groups in total. The highest BCUT2D eigenvalue weighted by Crippen LogP contribution is 2.37. The maximum Gasteiger partial charge on any atom is 0.419 e. The Hall–Kier alpha value is -1.59. The van der Waals surface area contributed by atoms with Crippen molar-refractivity contribution in [1.29, 1.82) is 0 Å². The summed E-state index contributed by atoms with van der Waals surface area (Å²) in [6.45, 7) is 3.96. The quantitative estimate of drug-likeness (QED) is 0.844. The normalized spacial score (nSPS) is 22.7. The van der Waals surface area contributed by atoms with Crippen molar-refractivity contribution in [3.05, 3.63) is 35.1 Å². The highest BCUT2D eigenvalue weighted by molar-refractivity contribution is 5.80. The number of benzene rings is 1. The molecule has 1 aromatic rings. The van der Waals surface area contributed by atoms with Gasteiger partial charge in [-0.3, -0.25) is 4.79 Å². The molecule has 1 aromatic carbocycles. The molecule has 1 aliphatic heterocycles. The molecule has 21 heavy (non-hydrogen) atoms. The van der Waals surface area contributed by atoms with Crippen LogP contribution in [0.4, 0.5) is 17.6 Å². The monoisotopic (exact) mass is 303 g/mol. The van der Waals surface area contributed by atoms with Gasteiger partial charge < -0.3 is 5.32 Å². The Kier molecular flexibility index (Phi) is 4.25. The Morgan fingerprint density at radius 1 is 1.33 bits per heavy atom. The smallest absolute Gasteiger partial charge is 0.353 e. The van der Waals surface area contributed by atoms with Gasteiger partial charge in [-0.25, -0.2) is 4.39 Å². The molecule has 0 saturated carbocycles. The third kappa shape index (κ3) is 3.54. The van der Waals surface area contributed by atoms with E-state index in [1.807, 2.05) is 13.8 Å². The number of carbonyl (C=O) groups excluding carboxylic acids is 1. The highest BCUT2D eigenvalue weighted by Gasteiger charge is 2.38. The molecule has 2 atom stereocenters. The van der Waals surface area contributed by atoms with E-state index in [0.29, 0.717) is 17.9 Å². The minimum absolute atomic E-state index is 0.139. The maximum atomic E-state index is 13.3. The Morgan fingerprint density at radius 3 is 2.57 bits per heavy atom. The van der Waals surface area contributed by atoms with Crippen molar-refractivity contribution >= 4 is 5.91 Å². The topological polar surface area (TPSA) is 29.1 Å². The van der Waals surface area contributed by atoms with Gasteiger partial charge in [-0.1, -0.05) is 19.9 Å². The number of amides is 1. The lowest BCUT2D eigenvalue weighted by molar-refractivity contribution is -0.140. The van der Waals surface area contributed by atoms with Crippen LogP contribution in [-0.2, 0) is 11.0 Å². The Balaban J connectivity index is 2.34. The van der Waals surface area contributed by atoms with E-state index >= 15 is 0 Å². The van der Waals surface area contributed by atoms with Gasteiger partial charge in [0.1, 0.15) is 5.82 Å². The zero-order valence-electron chi connectivity index (χ0n) is 11.8. The average Bonchev–Trinajstić information content (AvgIpc) is 2.68. The standard InChI is InChI=1S/C15H17F4NO/c1-8(2)5-13-10(7-14(21)20-13)9-3-4-12(16)11(6-9)15(17,18)19/h3-4,6,8,10,13H,5,7H2,1-2H3,(H,20,21). The fourth-order valence-corrected chi connectivity index (χ4v) is 2.78. The van der Waals surface area contributed by atoms with Gasteiger partial charge in [0, 0.05) is 18.4 Å². The fourth-order valence-electron chi connectivity index (χ4n) is 2.78. The number of halogens is 4. The van der Waals surface area contributed by atoms with Gasteiger partial charge in [-0.15, -0.1) is 0 Å². The third-order valence-electron chi connectivity index (χ3n) is 3.69. The molecular formula is C15H17F4NO. The van der Waals surface area contributed by atoms with Crippen LogP contribution in [0.1, 0.15) is 43.7 Å². The lowest BCUT2D eigenvalue weighted by atomic mass is 9.86. The molecule has 0 bridgehead atoms. The first kappa shape index (κ1) is 15.8. The summed E-state index contributed by atoms with van der Waals surface area (Å²) in [4.78, 5) is 11.6. The molecule has 1 fully saturated rings. The first-order valence-corrected chi connectivity index (χ1v) is 6.84. The molecule has 2 unspecified atom stereocenters. The van der Waals surface area contributed by atoms with Crippen molar-refractivity contribution in [2.24, 2.45) is 5.92 Å². The Morgan fingerprint density at radius 2 is 2.00 bits per heavy atom. The minimum Gasteiger partial charge on any atom is -0.353 e. The van der Waals surface area contributed by atoms with Gasteiger partial charge in [-0.05, 0) is 30.0 Å². The van der Waals surface area contributed by atoms with E-state index in [1.54, 1.807) is 0 Å². The largest absolute Gasteiger partial charge is 0.419 e. The van der Waals surface area contributed by atoms with Crippen LogP contribution in [0.5, 0.6) is 0 Å². The van der Waals surface area contributed by atoms with E-state index in [1.165, 1.54) is 6.07 Å². The van der Waals surface area contributed by atoms with Crippen LogP contribution >= 0.6 is 0 Å². The third-order valence-corrected chi connectivity index (χ3v) is 3.69. The van der Waals surface area contributed by atoms with Crippen molar-refractivity contribution in [1.82, 2.24) is 5.32 Å². The number of carbonyl (C=O) groups is 1. The molecule has 2 rings (SSSR count). The van der Waals surface area contributed by atoms with Crippen molar-refractivity contribution in [2.45, 2.75) is 44.8 Å². The summed E-state index contributed by atoms with van der Waals surface area (Å²) >= 11 is 0. The lowest BCUT2D eigenvalue weighted by Crippen LogP contribution is -2.29. The molecule has 1 aliphatic rings. The predicted octanol–water partition coefficient (Wildman–Crippen LogP) is 3.86. The zero-order valence-corrected chi connectivity index (χ0v) is 11.8. The first-order valence-electron chi connectivity index (χ1n) is 6.84. The highest BCUT2D eigenvalue weighted by atomic mass is 19.4. The lowest BCUT2D eigenvalue weighted by Gasteiger charge is -2.22. The summed E-state index contributed by atoms with van der Waals surface area (Å²) in [5.74, 6) is -1.51. The Bertz CT molecular complexity index is 539. The molecule has 116 valence electrons. The van der Waals surface area contributed by atoms with Gasteiger partial charge in [0.05, 0.1) is 5.56 Å². The molecule has 0 spiro atoms. The van der Waals surface area contributed by atoms with E-state index in [0.717, 1.165) is 12.1 Å². The fraction of sp³-hybridized carbons (Fsp3) is 0.533. The number of hydrogen-bond acceptors (Lipinski definition) is 1. The van der Waals surface area contributed by atoms with E-state index in [4.69, 9.17) is 0 Å². The van der Waals surface area contributed by atoms with E-state index in [-0.39, 0.29) is 24.3 Å². The second kappa shape index (κ2) is 5.66. The van der Waals surface area contributed by atoms with Crippen LogP contribution in [0.3, 0.4) is 0 Å². The van der Waals surface area contributed by atoms with Crippen LogP contribution in [-0.4, -0.2) is 11.9 Å². The number of hydrogen-bond donors (Lipinski definition) is 1. The second-order valence-corrected chi connectivity index (χ2v) is 5.85. The summed E-state index contributed by atoms with van der Waals surface area (Å²) in [7, 11) is 0. The minimum atomic E-state index is -4.73. The molecule has 1 saturated heterocycles. The van der Waals surface area contributed by atoms with Crippen LogP contribution in [0, 0.1) is 11.7 Å². The molecule has 0 aromatic heterocycles. The zero-order chi connectivity index (χ0) is 15.8. The van der Waals surface area contributed by atoms with Crippen molar-refractivity contribution < 1.29 is 22.4 Å². The van der Waals surface area contributed by atoms with Crippen molar-refractivity contribution in [3.63, 3.8) is 0 Å². The van der Waals surface area contributed by atoms with Gasteiger partial charge in [0.15, 0.2) is 0 Å². The second-order valence-electron chi connectivity index (χ2n) is 5.85. The summed E-state index contributed by atoms with van der Waals surface area (Å²) in [5.41, 5.74) is -0.921. The summed E-state index contributed by atoms with van der Waals surface area (Å²) in [6, 6.07) is 2.79. The van der Waals surface area contributed by atoms with Crippen LogP contribution in [0.15, 0.2) is 18.2 Å². The van der Waals surface area contributed by atoms with Gasteiger partial charge >= 0.3 is 6.18 Å². The molecule has 2 nitrogen and oxygen atoms in total. The summed E-state index contributed by atoms with van der Waals surface area (Å²) < 4.78 is 51.7. The summed E-state index contributed by atoms with van der Waals surface area (Å²) in [5, 5.41) is 2.79. The number of alkyl halides is 3. The predicted molar refractivity (Wildman–Crippen MR) is 70.1 cm³/mol. The van der Waals surface area contributed by atoms with E-state index in [2.05, 4.69) is 5.32 Å². The molecule has 0 radical (unpaired) electrons. The molecule has 1 amide bonds. The molecule has 1 heterocycles. The van der Waals surface area contributed by atoms with E-state index in [9.17, 15) is 22.4 Å². The molecule has 0 aliphatic carbocycles. The average molecular weight is 303 g/mol. The molecular weight excluding hydrogens is 286 g/mol. The Labute approximate surface area is 120 Å². The van der Waals surface area contributed by atoms with Gasteiger partial charge in [0.25, 0.3) is 0 Å². The van der Waals surface area contributed by atoms with Gasteiger partial charge in [0.2, 0.25) is 5.91 Å². The maximum absolute atomic E-state index is 13.3. The van der Waals surface area contributed by atoms with Crippen LogP contribution < -0.4 is 5.32 Å². The number of nitrogens with one attached hydrogen (secondary N) is 1. The van der Waals surface area contributed by atoms with Crippen molar-refractivity contribution in [3.8, 4) is 0 Å².